The quantitative estimate of drug-likeness (QED) is 0.506. The predicted molar refractivity (Wildman–Crippen MR) is 111 cm³/mol. The van der Waals surface area contributed by atoms with Gasteiger partial charge in [0, 0.05) is 41.5 Å². The highest BCUT2D eigenvalue weighted by Gasteiger charge is 2.11. The van der Waals surface area contributed by atoms with E-state index >= 15 is 0 Å². The average molecular weight is 384 g/mol. The highest BCUT2D eigenvalue weighted by Crippen LogP contribution is 2.24. The summed E-state index contributed by atoms with van der Waals surface area (Å²) in [6, 6.07) is 19.2. The number of pyridine rings is 1. The van der Waals surface area contributed by atoms with Crippen molar-refractivity contribution in [2.75, 3.05) is 5.32 Å². The lowest BCUT2D eigenvalue weighted by Gasteiger charge is -2.01. The Morgan fingerprint density at radius 3 is 2.66 bits per heavy atom. The molecule has 0 aliphatic heterocycles. The summed E-state index contributed by atoms with van der Waals surface area (Å²) in [7, 11) is 0. The van der Waals surface area contributed by atoms with Crippen molar-refractivity contribution in [3.63, 3.8) is 0 Å². The number of para-hydroxylation sites is 1. The molecule has 1 amide bonds. The summed E-state index contributed by atoms with van der Waals surface area (Å²) >= 11 is 0. The Bertz CT molecular complexity index is 1150. The van der Waals surface area contributed by atoms with Crippen LogP contribution in [0, 0.1) is 5.82 Å². The van der Waals surface area contributed by atoms with E-state index in [2.05, 4.69) is 15.4 Å². The van der Waals surface area contributed by atoms with Crippen molar-refractivity contribution < 1.29 is 9.18 Å². The molecule has 0 aliphatic rings. The van der Waals surface area contributed by atoms with Gasteiger partial charge in [-0.1, -0.05) is 24.3 Å². The van der Waals surface area contributed by atoms with Gasteiger partial charge in [-0.3, -0.25) is 9.78 Å². The van der Waals surface area contributed by atoms with Crippen LogP contribution in [0.3, 0.4) is 0 Å². The van der Waals surface area contributed by atoms with Crippen molar-refractivity contribution >= 4 is 17.7 Å². The van der Waals surface area contributed by atoms with Crippen LogP contribution in [0.5, 0.6) is 0 Å². The van der Waals surface area contributed by atoms with Gasteiger partial charge in [0.1, 0.15) is 11.5 Å². The maximum atomic E-state index is 13.3. The fourth-order valence-electron chi connectivity index (χ4n) is 2.87. The van der Waals surface area contributed by atoms with Crippen molar-refractivity contribution in [2.45, 2.75) is 0 Å². The number of anilines is 1. The van der Waals surface area contributed by atoms with E-state index in [9.17, 15) is 9.18 Å². The minimum Gasteiger partial charge on any atom is -0.322 e. The SMILES string of the molecule is O=C(/C=C/c1cn(-c2ccccc2)nc1-c1cccnc1)Nc1cccc(F)c1. The maximum Gasteiger partial charge on any atom is 0.248 e. The number of nitrogens with one attached hydrogen (secondary N) is 1. The molecule has 5 nitrogen and oxygen atoms in total. The summed E-state index contributed by atoms with van der Waals surface area (Å²) in [6.07, 6.45) is 8.35. The Labute approximate surface area is 167 Å². The summed E-state index contributed by atoms with van der Waals surface area (Å²) < 4.78 is 15.0. The summed E-state index contributed by atoms with van der Waals surface area (Å²) in [5, 5.41) is 7.31. The Balaban J connectivity index is 1.64. The number of amides is 1. The zero-order valence-corrected chi connectivity index (χ0v) is 15.4. The number of nitrogens with zero attached hydrogens (tertiary/aromatic N) is 3. The van der Waals surface area contributed by atoms with Crippen LogP contribution in [0.2, 0.25) is 0 Å². The van der Waals surface area contributed by atoms with Gasteiger partial charge in [-0.15, -0.1) is 0 Å². The van der Waals surface area contributed by atoms with Crippen LogP contribution in [0.15, 0.2) is 91.4 Å². The number of carbonyl (C=O) groups excluding carboxylic acids is 1. The molecule has 0 bridgehead atoms. The number of rotatable bonds is 5. The van der Waals surface area contributed by atoms with Gasteiger partial charge >= 0.3 is 0 Å². The standard InChI is InChI=1S/C23H17FN4O/c24-19-7-4-8-20(14-19)26-22(29)12-11-18-16-28(21-9-2-1-3-10-21)27-23(18)17-6-5-13-25-15-17/h1-16H,(H,26,29)/b12-11+. The van der Waals surface area contributed by atoms with Crippen LogP contribution in [-0.2, 0) is 4.79 Å². The highest BCUT2D eigenvalue weighted by atomic mass is 19.1. The molecule has 0 unspecified atom stereocenters. The molecule has 1 N–H and O–H groups in total. The first kappa shape index (κ1) is 18.3. The number of hydrogen-bond donors (Lipinski definition) is 1. The van der Waals surface area contributed by atoms with Gasteiger partial charge in [0.25, 0.3) is 0 Å². The third-order valence-electron chi connectivity index (χ3n) is 4.20. The molecule has 0 saturated heterocycles. The molecule has 142 valence electrons. The lowest BCUT2D eigenvalue weighted by atomic mass is 10.1. The predicted octanol–water partition coefficient (Wildman–Crippen LogP) is 4.73. The van der Waals surface area contributed by atoms with Gasteiger partial charge in [-0.2, -0.15) is 5.10 Å². The fraction of sp³-hybridized carbons (Fsp3) is 0. The second kappa shape index (κ2) is 8.31. The molecule has 0 spiro atoms. The summed E-state index contributed by atoms with van der Waals surface area (Å²) in [4.78, 5) is 16.4. The number of hydrogen-bond acceptors (Lipinski definition) is 3. The molecule has 6 heteroatoms. The third kappa shape index (κ3) is 4.44. The number of aromatic nitrogens is 3. The van der Waals surface area contributed by atoms with E-state index in [-0.39, 0.29) is 5.91 Å². The molecule has 4 rings (SSSR count). The number of halogens is 1. The molecule has 0 atom stereocenters. The lowest BCUT2D eigenvalue weighted by molar-refractivity contribution is -0.111. The van der Waals surface area contributed by atoms with Crippen LogP contribution in [0.25, 0.3) is 23.0 Å². The molecule has 0 radical (unpaired) electrons. The maximum absolute atomic E-state index is 13.3. The second-order valence-electron chi connectivity index (χ2n) is 6.29. The highest BCUT2D eigenvalue weighted by molar-refractivity contribution is 6.02. The van der Waals surface area contributed by atoms with Crippen LogP contribution < -0.4 is 5.32 Å². The van der Waals surface area contributed by atoms with Crippen LogP contribution in [-0.4, -0.2) is 20.7 Å². The topological polar surface area (TPSA) is 59.8 Å². The van der Waals surface area contributed by atoms with Crippen LogP contribution >= 0.6 is 0 Å². The summed E-state index contributed by atoms with van der Waals surface area (Å²) in [5.41, 5.74) is 3.61. The molecule has 0 fully saturated rings. The normalized spacial score (nSPS) is 10.9. The van der Waals surface area contributed by atoms with Crippen molar-refractivity contribution in [3.05, 3.63) is 103 Å². The van der Waals surface area contributed by atoms with E-state index in [0.29, 0.717) is 11.4 Å². The molecule has 0 aliphatic carbocycles. The summed E-state index contributed by atoms with van der Waals surface area (Å²) in [6.45, 7) is 0. The number of benzene rings is 2. The first-order valence-corrected chi connectivity index (χ1v) is 8.99. The molecule has 2 aromatic carbocycles. The van der Waals surface area contributed by atoms with Gasteiger partial charge in [-0.05, 0) is 48.5 Å². The van der Waals surface area contributed by atoms with Gasteiger partial charge in [-0.25, -0.2) is 9.07 Å². The van der Waals surface area contributed by atoms with E-state index < -0.39 is 5.82 Å². The minimum absolute atomic E-state index is 0.361. The Morgan fingerprint density at radius 2 is 1.90 bits per heavy atom. The average Bonchev–Trinajstić information content (AvgIpc) is 3.18. The van der Waals surface area contributed by atoms with Gasteiger partial charge in [0.05, 0.1) is 5.69 Å². The first-order valence-electron chi connectivity index (χ1n) is 8.99. The van der Waals surface area contributed by atoms with Crippen LogP contribution in [0.1, 0.15) is 5.56 Å². The van der Waals surface area contributed by atoms with Gasteiger partial charge in [0.15, 0.2) is 0 Å². The van der Waals surface area contributed by atoms with Crippen molar-refractivity contribution in [1.82, 2.24) is 14.8 Å². The molecule has 2 aromatic heterocycles. The van der Waals surface area contributed by atoms with E-state index in [4.69, 9.17) is 0 Å². The van der Waals surface area contributed by atoms with E-state index in [0.717, 1.165) is 16.8 Å². The van der Waals surface area contributed by atoms with Crippen LogP contribution in [0.4, 0.5) is 10.1 Å². The van der Waals surface area contributed by atoms with Crippen molar-refractivity contribution in [3.8, 4) is 16.9 Å². The number of carbonyl (C=O) groups is 1. The Hall–Kier alpha value is -4.06. The summed E-state index contributed by atoms with van der Waals surface area (Å²) in [5.74, 6) is -0.769. The van der Waals surface area contributed by atoms with Crippen molar-refractivity contribution in [2.24, 2.45) is 0 Å². The largest absolute Gasteiger partial charge is 0.322 e. The van der Waals surface area contributed by atoms with Gasteiger partial charge < -0.3 is 5.32 Å². The third-order valence-corrected chi connectivity index (χ3v) is 4.20. The molecular weight excluding hydrogens is 367 g/mol. The van der Waals surface area contributed by atoms with E-state index in [1.165, 1.54) is 18.2 Å². The van der Waals surface area contributed by atoms with E-state index in [1.54, 1.807) is 35.3 Å². The van der Waals surface area contributed by atoms with Gasteiger partial charge in [0.2, 0.25) is 5.91 Å². The first-order chi connectivity index (χ1) is 14.2. The Morgan fingerprint density at radius 1 is 1.03 bits per heavy atom. The van der Waals surface area contributed by atoms with Crippen molar-refractivity contribution in [1.29, 1.82) is 0 Å². The monoisotopic (exact) mass is 384 g/mol. The minimum atomic E-state index is -0.408. The second-order valence-corrected chi connectivity index (χ2v) is 6.29. The molecule has 4 aromatic rings. The lowest BCUT2D eigenvalue weighted by Crippen LogP contribution is -2.07. The molecule has 2 heterocycles. The fourth-order valence-corrected chi connectivity index (χ4v) is 2.87. The van der Waals surface area contributed by atoms with E-state index in [1.807, 2.05) is 48.7 Å². The molecular formula is C23H17FN4O. The Kier molecular flexibility index (Phi) is 5.25. The smallest absolute Gasteiger partial charge is 0.248 e. The molecule has 29 heavy (non-hydrogen) atoms. The zero-order valence-electron chi connectivity index (χ0n) is 15.4. The zero-order chi connectivity index (χ0) is 20.1. The molecule has 0 saturated carbocycles.